The lowest BCUT2D eigenvalue weighted by atomic mass is 10.4. The Morgan fingerprint density at radius 1 is 1.50 bits per heavy atom. The van der Waals surface area contributed by atoms with E-state index in [1.165, 1.54) is 17.3 Å². The van der Waals surface area contributed by atoms with Crippen molar-refractivity contribution in [3.05, 3.63) is 12.4 Å². The minimum atomic E-state index is -3.68. The summed E-state index contributed by atoms with van der Waals surface area (Å²) in [6.07, 6.45) is 2.70. The summed E-state index contributed by atoms with van der Waals surface area (Å²) in [4.78, 5) is 12.7. The molecule has 1 N–H and O–H groups in total. The van der Waals surface area contributed by atoms with Crippen molar-refractivity contribution in [2.24, 2.45) is 0 Å². The second-order valence-corrected chi connectivity index (χ2v) is 6.13. The first-order valence-electron chi connectivity index (χ1n) is 5.48. The van der Waals surface area contributed by atoms with Gasteiger partial charge in [0.1, 0.15) is 4.90 Å². The number of rotatable bonds is 5. The maximum absolute atomic E-state index is 11.9. The maximum Gasteiger partial charge on any atom is 0.244 e. The van der Waals surface area contributed by atoms with Gasteiger partial charge in [0.15, 0.2) is 0 Å². The third-order valence-corrected chi connectivity index (χ3v) is 3.69. The zero-order valence-corrected chi connectivity index (χ0v) is 11.7. The summed E-state index contributed by atoms with van der Waals surface area (Å²) in [6.45, 7) is 3.53. The van der Waals surface area contributed by atoms with Crippen molar-refractivity contribution in [2.45, 2.75) is 24.8 Å². The average Bonchev–Trinajstić information content (AvgIpc) is 2.75. The van der Waals surface area contributed by atoms with E-state index in [1.54, 1.807) is 18.8 Å². The number of aromatic nitrogens is 2. The van der Waals surface area contributed by atoms with Crippen LogP contribution in [0.3, 0.4) is 0 Å². The van der Waals surface area contributed by atoms with Crippen molar-refractivity contribution in [1.29, 1.82) is 0 Å². The van der Waals surface area contributed by atoms with Crippen LogP contribution in [0.25, 0.3) is 0 Å². The molecule has 8 heteroatoms. The number of carbonyl (C=O) groups excluding carboxylic acids is 1. The monoisotopic (exact) mass is 274 g/mol. The first kappa shape index (κ1) is 14.7. The second-order valence-electron chi connectivity index (χ2n) is 4.36. The molecule has 0 aliphatic carbocycles. The Morgan fingerprint density at radius 3 is 2.56 bits per heavy atom. The number of amides is 1. The van der Waals surface area contributed by atoms with E-state index in [2.05, 4.69) is 9.82 Å². The molecule has 1 amide bonds. The van der Waals surface area contributed by atoms with E-state index in [1.807, 2.05) is 13.8 Å². The molecular weight excluding hydrogens is 256 g/mol. The fourth-order valence-electron chi connectivity index (χ4n) is 1.14. The molecule has 0 aliphatic heterocycles. The number of nitrogens with one attached hydrogen (secondary N) is 1. The molecule has 7 nitrogen and oxygen atoms in total. The van der Waals surface area contributed by atoms with Gasteiger partial charge in [-0.3, -0.25) is 9.48 Å². The highest BCUT2D eigenvalue weighted by Crippen LogP contribution is 2.10. The lowest BCUT2D eigenvalue weighted by Gasteiger charge is -2.10. The molecule has 1 rings (SSSR count). The summed E-state index contributed by atoms with van der Waals surface area (Å²) >= 11 is 0. The SMILES string of the molecule is CC(C)n1cc(S(=O)(=O)NCC(=O)N(C)C)cn1. The number of sulfonamides is 1. The summed E-state index contributed by atoms with van der Waals surface area (Å²) in [5.74, 6) is -0.310. The predicted molar refractivity (Wildman–Crippen MR) is 66.5 cm³/mol. The van der Waals surface area contributed by atoms with Crippen LogP contribution in [0.5, 0.6) is 0 Å². The van der Waals surface area contributed by atoms with Crippen LogP contribution in [-0.2, 0) is 14.8 Å². The van der Waals surface area contributed by atoms with Crippen LogP contribution in [0.1, 0.15) is 19.9 Å². The van der Waals surface area contributed by atoms with E-state index in [-0.39, 0.29) is 23.4 Å². The molecule has 0 aromatic carbocycles. The van der Waals surface area contributed by atoms with Gasteiger partial charge in [0.25, 0.3) is 0 Å². The van der Waals surface area contributed by atoms with Crippen LogP contribution in [-0.4, -0.2) is 49.6 Å². The summed E-state index contributed by atoms with van der Waals surface area (Å²) in [6, 6.07) is 0.0809. The van der Waals surface area contributed by atoms with E-state index in [4.69, 9.17) is 0 Å². The van der Waals surface area contributed by atoms with E-state index in [9.17, 15) is 13.2 Å². The van der Waals surface area contributed by atoms with Gasteiger partial charge in [0.2, 0.25) is 15.9 Å². The second kappa shape index (κ2) is 5.49. The van der Waals surface area contributed by atoms with Gasteiger partial charge < -0.3 is 4.90 Å². The molecule has 0 aliphatic rings. The Balaban J connectivity index is 2.77. The minimum Gasteiger partial charge on any atom is -0.348 e. The van der Waals surface area contributed by atoms with E-state index in [0.29, 0.717) is 0 Å². The molecule has 0 atom stereocenters. The number of hydrogen-bond donors (Lipinski definition) is 1. The molecule has 0 spiro atoms. The van der Waals surface area contributed by atoms with Gasteiger partial charge in [-0.2, -0.15) is 5.10 Å². The minimum absolute atomic E-state index is 0.0581. The molecule has 0 saturated carbocycles. The van der Waals surface area contributed by atoms with E-state index < -0.39 is 10.0 Å². The largest absolute Gasteiger partial charge is 0.348 e. The van der Waals surface area contributed by atoms with Crippen molar-refractivity contribution >= 4 is 15.9 Å². The Hall–Kier alpha value is -1.41. The van der Waals surface area contributed by atoms with Crippen LogP contribution in [0, 0.1) is 0 Å². The van der Waals surface area contributed by atoms with E-state index in [0.717, 1.165) is 0 Å². The molecule has 1 heterocycles. The van der Waals surface area contributed by atoms with Crippen molar-refractivity contribution in [3.8, 4) is 0 Å². The topological polar surface area (TPSA) is 84.3 Å². The normalized spacial score (nSPS) is 11.8. The maximum atomic E-state index is 11.9. The number of carbonyl (C=O) groups is 1. The van der Waals surface area contributed by atoms with Gasteiger partial charge in [-0.1, -0.05) is 0 Å². The number of nitrogens with zero attached hydrogens (tertiary/aromatic N) is 3. The summed E-state index contributed by atoms with van der Waals surface area (Å²) < 4.78 is 27.5. The Kier molecular flexibility index (Phi) is 4.47. The first-order chi connectivity index (χ1) is 8.24. The lowest BCUT2D eigenvalue weighted by molar-refractivity contribution is -0.127. The Bertz CT molecular complexity index is 519. The summed E-state index contributed by atoms with van der Waals surface area (Å²) in [7, 11) is -0.557. The van der Waals surface area contributed by atoms with Gasteiger partial charge in [-0.15, -0.1) is 0 Å². The zero-order chi connectivity index (χ0) is 13.9. The molecule has 1 aromatic heterocycles. The van der Waals surface area contributed by atoms with Gasteiger partial charge >= 0.3 is 0 Å². The van der Waals surface area contributed by atoms with Crippen molar-refractivity contribution in [1.82, 2.24) is 19.4 Å². The smallest absolute Gasteiger partial charge is 0.244 e. The third kappa shape index (κ3) is 3.54. The quantitative estimate of drug-likeness (QED) is 0.808. The highest BCUT2D eigenvalue weighted by Gasteiger charge is 2.18. The standard InChI is InChI=1S/C10H18N4O3S/c1-8(2)14-7-9(5-11-14)18(16,17)12-6-10(15)13(3)4/h5,7-8,12H,6H2,1-4H3. The molecule has 0 saturated heterocycles. The Labute approximate surface area is 107 Å². The predicted octanol–water partition coefficient (Wildman–Crippen LogP) is -0.169. The molecule has 0 bridgehead atoms. The molecule has 0 unspecified atom stereocenters. The molecule has 0 radical (unpaired) electrons. The van der Waals surface area contributed by atoms with Crippen molar-refractivity contribution in [2.75, 3.05) is 20.6 Å². The fourth-order valence-corrected chi connectivity index (χ4v) is 2.05. The summed E-state index contributed by atoms with van der Waals surface area (Å²) in [5.41, 5.74) is 0. The number of hydrogen-bond acceptors (Lipinski definition) is 4. The van der Waals surface area contributed by atoms with Gasteiger partial charge in [0, 0.05) is 26.3 Å². The van der Waals surface area contributed by atoms with Gasteiger partial charge in [0.05, 0.1) is 12.7 Å². The lowest BCUT2D eigenvalue weighted by Crippen LogP contribution is -2.36. The molecule has 1 aromatic rings. The van der Waals surface area contributed by atoms with Crippen LogP contribution in [0.4, 0.5) is 0 Å². The fraction of sp³-hybridized carbons (Fsp3) is 0.600. The van der Waals surface area contributed by atoms with Crippen molar-refractivity contribution < 1.29 is 13.2 Å². The van der Waals surface area contributed by atoms with Crippen LogP contribution in [0.2, 0.25) is 0 Å². The summed E-state index contributed by atoms with van der Waals surface area (Å²) in [5, 5.41) is 3.95. The van der Waals surface area contributed by atoms with Crippen LogP contribution >= 0.6 is 0 Å². The van der Waals surface area contributed by atoms with Gasteiger partial charge in [-0.25, -0.2) is 13.1 Å². The molecule has 0 fully saturated rings. The highest BCUT2D eigenvalue weighted by molar-refractivity contribution is 7.89. The molecular formula is C10H18N4O3S. The average molecular weight is 274 g/mol. The Morgan fingerprint density at radius 2 is 2.11 bits per heavy atom. The van der Waals surface area contributed by atoms with Gasteiger partial charge in [-0.05, 0) is 13.8 Å². The third-order valence-electron chi connectivity index (χ3n) is 2.33. The number of likely N-dealkylation sites (N-methyl/N-ethyl adjacent to an activating group) is 1. The molecule has 18 heavy (non-hydrogen) atoms. The van der Waals surface area contributed by atoms with Crippen LogP contribution in [0.15, 0.2) is 17.3 Å². The van der Waals surface area contributed by atoms with Crippen molar-refractivity contribution in [3.63, 3.8) is 0 Å². The van der Waals surface area contributed by atoms with Crippen LogP contribution < -0.4 is 4.72 Å². The van der Waals surface area contributed by atoms with E-state index >= 15 is 0 Å². The highest BCUT2D eigenvalue weighted by atomic mass is 32.2. The molecule has 102 valence electrons. The first-order valence-corrected chi connectivity index (χ1v) is 6.96. The zero-order valence-electron chi connectivity index (χ0n) is 10.9.